The molecule has 2 unspecified atom stereocenters. The number of halogens is 3. The van der Waals surface area contributed by atoms with Gasteiger partial charge in [0.2, 0.25) is 0 Å². The molecule has 0 bridgehead atoms. The second kappa shape index (κ2) is 4.32. The number of hydrogen-bond donors (Lipinski definition) is 1. The van der Waals surface area contributed by atoms with Crippen LogP contribution in [0.3, 0.4) is 0 Å². The van der Waals surface area contributed by atoms with E-state index in [2.05, 4.69) is 0 Å². The predicted molar refractivity (Wildman–Crippen MR) is 63.5 cm³/mol. The molecule has 2 aliphatic carbocycles. The number of rotatable bonds is 1. The zero-order valence-electron chi connectivity index (χ0n) is 9.83. The molecule has 3 aliphatic rings. The van der Waals surface area contributed by atoms with Gasteiger partial charge in [0, 0.05) is 18.1 Å². The smallest absolute Gasteiger partial charge is 0.260 e. The van der Waals surface area contributed by atoms with Gasteiger partial charge in [0.05, 0.1) is 12.0 Å². The fraction of sp³-hybridized carbons (Fsp3) is 1.00. The van der Waals surface area contributed by atoms with Gasteiger partial charge in [-0.3, -0.25) is 0 Å². The molecule has 2 nitrogen and oxygen atoms in total. The standard InChI is InChI=1S/C12H19F2NO.ClH/c13-12(14)10(9-2-1-7-16-9)11(12)5-3-8(15)4-6-11;/h8-10H,1-7,15H2;1H. The average molecular weight is 268 g/mol. The Labute approximate surface area is 107 Å². The minimum atomic E-state index is -2.50. The summed E-state index contributed by atoms with van der Waals surface area (Å²) < 4.78 is 33.4. The van der Waals surface area contributed by atoms with Crippen LogP contribution in [0.4, 0.5) is 8.78 Å². The van der Waals surface area contributed by atoms with Crippen LogP contribution in [0.2, 0.25) is 0 Å². The van der Waals surface area contributed by atoms with E-state index in [4.69, 9.17) is 10.5 Å². The molecule has 0 aromatic carbocycles. The molecule has 0 aromatic heterocycles. The topological polar surface area (TPSA) is 35.2 Å². The summed E-state index contributed by atoms with van der Waals surface area (Å²) in [6, 6.07) is 0.132. The Morgan fingerprint density at radius 3 is 2.29 bits per heavy atom. The van der Waals surface area contributed by atoms with E-state index in [0.717, 1.165) is 25.7 Å². The summed E-state index contributed by atoms with van der Waals surface area (Å²) >= 11 is 0. The highest BCUT2D eigenvalue weighted by atomic mass is 35.5. The Kier molecular flexibility index (Phi) is 3.43. The first-order chi connectivity index (χ1) is 7.58. The normalized spacial score (nSPS) is 47.8. The van der Waals surface area contributed by atoms with Crippen molar-refractivity contribution in [3.63, 3.8) is 0 Å². The lowest BCUT2D eigenvalue weighted by atomic mass is 9.81. The lowest BCUT2D eigenvalue weighted by Crippen LogP contribution is -2.30. The van der Waals surface area contributed by atoms with E-state index >= 15 is 0 Å². The Morgan fingerprint density at radius 2 is 1.76 bits per heavy atom. The lowest BCUT2D eigenvalue weighted by Gasteiger charge is -2.27. The van der Waals surface area contributed by atoms with Crippen LogP contribution in [0.15, 0.2) is 0 Å². The summed E-state index contributed by atoms with van der Waals surface area (Å²) in [5.74, 6) is -3.02. The van der Waals surface area contributed by atoms with Crippen LogP contribution < -0.4 is 5.73 Å². The highest BCUT2D eigenvalue weighted by Gasteiger charge is 2.81. The van der Waals surface area contributed by atoms with Gasteiger partial charge < -0.3 is 10.5 Å². The molecule has 2 N–H and O–H groups in total. The first-order valence-corrected chi connectivity index (χ1v) is 6.33. The average Bonchev–Trinajstić information content (AvgIpc) is 2.64. The van der Waals surface area contributed by atoms with Gasteiger partial charge in [0.25, 0.3) is 5.92 Å². The summed E-state index contributed by atoms with van der Waals surface area (Å²) in [4.78, 5) is 0. The van der Waals surface area contributed by atoms with Crippen LogP contribution in [0.1, 0.15) is 38.5 Å². The highest BCUT2D eigenvalue weighted by Crippen LogP contribution is 2.74. The zero-order chi connectivity index (χ0) is 11.4. The van der Waals surface area contributed by atoms with Crippen molar-refractivity contribution in [2.75, 3.05) is 6.61 Å². The molecule has 1 aliphatic heterocycles. The van der Waals surface area contributed by atoms with Crippen LogP contribution in [-0.4, -0.2) is 24.7 Å². The van der Waals surface area contributed by atoms with Gasteiger partial charge in [-0.25, -0.2) is 8.78 Å². The second-order valence-corrected chi connectivity index (χ2v) is 5.65. The van der Waals surface area contributed by atoms with Crippen LogP contribution in [0, 0.1) is 11.3 Å². The molecule has 1 saturated heterocycles. The molecule has 17 heavy (non-hydrogen) atoms. The van der Waals surface area contributed by atoms with Gasteiger partial charge in [-0.15, -0.1) is 12.4 Å². The summed E-state index contributed by atoms with van der Waals surface area (Å²) in [6.45, 7) is 0.660. The molecule has 0 aromatic rings. The Balaban J connectivity index is 0.00000108. The summed E-state index contributed by atoms with van der Waals surface area (Å²) in [5.41, 5.74) is 5.04. The van der Waals surface area contributed by atoms with Crippen molar-refractivity contribution in [3.8, 4) is 0 Å². The highest BCUT2D eigenvalue weighted by molar-refractivity contribution is 5.85. The van der Waals surface area contributed by atoms with Crippen molar-refractivity contribution < 1.29 is 13.5 Å². The van der Waals surface area contributed by atoms with Crippen molar-refractivity contribution in [1.29, 1.82) is 0 Å². The Morgan fingerprint density at radius 1 is 1.12 bits per heavy atom. The molecule has 3 fully saturated rings. The third-order valence-electron chi connectivity index (χ3n) is 4.83. The predicted octanol–water partition coefficient (Wildman–Crippen LogP) is 2.74. The molecule has 1 heterocycles. The molecule has 0 radical (unpaired) electrons. The van der Waals surface area contributed by atoms with Gasteiger partial charge in [-0.2, -0.15) is 0 Å². The fourth-order valence-electron chi connectivity index (χ4n) is 3.79. The molecule has 1 spiro atoms. The van der Waals surface area contributed by atoms with E-state index in [1.807, 2.05) is 0 Å². The molecular formula is C12H20ClF2NO. The van der Waals surface area contributed by atoms with E-state index in [1.165, 1.54) is 0 Å². The van der Waals surface area contributed by atoms with Crippen molar-refractivity contribution in [1.82, 2.24) is 0 Å². The van der Waals surface area contributed by atoms with E-state index in [9.17, 15) is 8.78 Å². The summed E-state index contributed by atoms with van der Waals surface area (Å²) in [6.07, 6.45) is 4.24. The maximum atomic E-state index is 14.0. The van der Waals surface area contributed by atoms with Crippen LogP contribution in [-0.2, 0) is 4.74 Å². The molecule has 5 heteroatoms. The van der Waals surface area contributed by atoms with Crippen LogP contribution >= 0.6 is 12.4 Å². The second-order valence-electron chi connectivity index (χ2n) is 5.65. The Bertz CT molecular complexity index is 286. The van der Waals surface area contributed by atoms with Crippen molar-refractivity contribution >= 4 is 12.4 Å². The monoisotopic (exact) mass is 267 g/mol. The first kappa shape index (κ1) is 13.5. The number of alkyl halides is 2. The third kappa shape index (κ3) is 1.80. The molecular weight excluding hydrogens is 248 g/mol. The fourth-order valence-corrected chi connectivity index (χ4v) is 3.79. The van der Waals surface area contributed by atoms with Gasteiger partial charge in [0.15, 0.2) is 0 Å². The van der Waals surface area contributed by atoms with Crippen molar-refractivity contribution in [3.05, 3.63) is 0 Å². The van der Waals surface area contributed by atoms with Gasteiger partial charge in [-0.1, -0.05) is 0 Å². The SMILES string of the molecule is Cl.NC1CCC2(CC1)C(C1CCCO1)C2(F)F. The molecule has 0 amide bonds. The largest absolute Gasteiger partial charge is 0.378 e. The van der Waals surface area contributed by atoms with Crippen molar-refractivity contribution in [2.24, 2.45) is 17.1 Å². The van der Waals surface area contributed by atoms with E-state index < -0.39 is 17.3 Å². The van der Waals surface area contributed by atoms with Gasteiger partial charge in [-0.05, 0) is 38.5 Å². The molecule has 3 rings (SSSR count). The van der Waals surface area contributed by atoms with E-state index in [0.29, 0.717) is 19.4 Å². The van der Waals surface area contributed by atoms with Crippen LogP contribution in [0.5, 0.6) is 0 Å². The molecule has 100 valence electrons. The Hall–Kier alpha value is 0.0700. The minimum absolute atomic E-state index is 0. The molecule has 2 atom stereocenters. The lowest BCUT2D eigenvalue weighted by molar-refractivity contribution is 0.0217. The summed E-state index contributed by atoms with van der Waals surface area (Å²) in [5, 5.41) is 0. The number of ether oxygens (including phenoxy) is 1. The first-order valence-electron chi connectivity index (χ1n) is 6.33. The van der Waals surface area contributed by atoms with Crippen molar-refractivity contribution in [2.45, 2.75) is 56.6 Å². The van der Waals surface area contributed by atoms with Gasteiger partial charge >= 0.3 is 0 Å². The third-order valence-corrected chi connectivity index (χ3v) is 4.83. The zero-order valence-corrected chi connectivity index (χ0v) is 10.6. The van der Waals surface area contributed by atoms with Gasteiger partial charge in [0.1, 0.15) is 0 Å². The van der Waals surface area contributed by atoms with E-state index in [-0.39, 0.29) is 24.6 Å². The summed E-state index contributed by atoms with van der Waals surface area (Å²) in [7, 11) is 0. The maximum Gasteiger partial charge on any atom is 0.260 e. The van der Waals surface area contributed by atoms with Crippen LogP contribution in [0.25, 0.3) is 0 Å². The quantitative estimate of drug-likeness (QED) is 0.793. The minimum Gasteiger partial charge on any atom is -0.378 e. The van der Waals surface area contributed by atoms with E-state index in [1.54, 1.807) is 0 Å². The number of nitrogens with two attached hydrogens (primary N) is 1. The number of hydrogen-bond acceptors (Lipinski definition) is 2. The maximum absolute atomic E-state index is 14.0. The molecule has 2 saturated carbocycles.